The minimum atomic E-state index is -0.187. The molecule has 1 aromatic rings. The van der Waals surface area contributed by atoms with Crippen LogP contribution in [-0.2, 0) is 0 Å². The van der Waals surface area contributed by atoms with Gasteiger partial charge < -0.3 is 5.32 Å². The first-order chi connectivity index (χ1) is 6.66. The number of carbonyl (C=O) groups is 1. The van der Waals surface area contributed by atoms with Crippen LogP contribution in [0.5, 0.6) is 0 Å². The highest BCUT2D eigenvalue weighted by molar-refractivity contribution is 5.96. The van der Waals surface area contributed by atoms with E-state index in [4.69, 9.17) is 5.26 Å². The van der Waals surface area contributed by atoms with Crippen molar-refractivity contribution in [2.45, 2.75) is 13.8 Å². The van der Waals surface area contributed by atoms with Crippen molar-refractivity contribution < 1.29 is 4.79 Å². The largest absolute Gasteiger partial charge is 0.339 e. The molecule has 0 spiro atoms. The van der Waals surface area contributed by atoms with Crippen LogP contribution in [0.15, 0.2) is 18.2 Å². The van der Waals surface area contributed by atoms with Gasteiger partial charge in [0.15, 0.2) is 0 Å². The van der Waals surface area contributed by atoms with Crippen molar-refractivity contribution in [2.75, 3.05) is 6.54 Å². The summed E-state index contributed by atoms with van der Waals surface area (Å²) in [5.74, 6) is -0.187. The summed E-state index contributed by atoms with van der Waals surface area (Å²) in [6, 6.07) is 7.42. The van der Waals surface area contributed by atoms with Crippen LogP contribution in [0.25, 0.3) is 0 Å². The van der Waals surface area contributed by atoms with Gasteiger partial charge in [0, 0.05) is 5.56 Å². The van der Waals surface area contributed by atoms with Crippen LogP contribution in [0.3, 0.4) is 0 Å². The van der Waals surface area contributed by atoms with Crippen LogP contribution in [0.4, 0.5) is 0 Å². The Morgan fingerprint density at radius 2 is 2.21 bits per heavy atom. The molecule has 0 atom stereocenters. The van der Waals surface area contributed by atoms with E-state index in [-0.39, 0.29) is 12.5 Å². The fourth-order valence-electron chi connectivity index (χ4n) is 1.21. The molecule has 0 aliphatic heterocycles. The van der Waals surface area contributed by atoms with Crippen LogP contribution in [0, 0.1) is 25.2 Å². The van der Waals surface area contributed by atoms with Crippen molar-refractivity contribution in [1.29, 1.82) is 5.26 Å². The molecule has 1 aromatic carbocycles. The minimum Gasteiger partial charge on any atom is -0.339 e. The summed E-state index contributed by atoms with van der Waals surface area (Å²) >= 11 is 0. The van der Waals surface area contributed by atoms with E-state index in [0.29, 0.717) is 5.56 Å². The zero-order chi connectivity index (χ0) is 10.6. The lowest BCUT2D eigenvalue weighted by Gasteiger charge is -2.06. The molecule has 0 radical (unpaired) electrons. The fourth-order valence-corrected chi connectivity index (χ4v) is 1.21. The van der Waals surface area contributed by atoms with Gasteiger partial charge in [-0.2, -0.15) is 5.26 Å². The first-order valence-electron chi connectivity index (χ1n) is 4.38. The standard InChI is InChI=1S/C11H12N2O/c1-8-4-3-5-10(9(8)2)11(14)13-7-6-12/h3-5H,7H2,1-2H3,(H,13,14). The zero-order valence-electron chi connectivity index (χ0n) is 8.29. The Balaban J connectivity index is 2.91. The average Bonchev–Trinajstić information content (AvgIpc) is 2.18. The summed E-state index contributed by atoms with van der Waals surface area (Å²) < 4.78 is 0. The smallest absolute Gasteiger partial charge is 0.252 e. The Kier molecular flexibility index (Phi) is 3.24. The predicted octanol–water partition coefficient (Wildman–Crippen LogP) is 1.56. The molecule has 0 aromatic heterocycles. The maximum absolute atomic E-state index is 11.5. The zero-order valence-corrected chi connectivity index (χ0v) is 8.29. The normalized spacial score (nSPS) is 9.21. The van der Waals surface area contributed by atoms with E-state index in [1.165, 1.54) is 0 Å². The molecule has 0 fully saturated rings. The number of amides is 1. The number of benzene rings is 1. The van der Waals surface area contributed by atoms with Crippen LogP contribution in [-0.4, -0.2) is 12.5 Å². The summed E-state index contributed by atoms with van der Waals surface area (Å²) in [6.45, 7) is 3.90. The minimum absolute atomic E-state index is 0.0478. The van der Waals surface area contributed by atoms with Gasteiger partial charge in [0.2, 0.25) is 0 Å². The molecule has 1 N–H and O–H groups in total. The number of nitrogens with one attached hydrogen (secondary N) is 1. The molecule has 0 aliphatic rings. The summed E-state index contributed by atoms with van der Waals surface area (Å²) in [5.41, 5.74) is 2.68. The third-order valence-corrected chi connectivity index (χ3v) is 2.18. The number of rotatable bonds is 2. The lowest BCUT2D eigenvalue weighted by molar-refractivity contribution is 0.0958. The molecular weight excluding hydrogens is 176 g/mol. The second kappa shape index (κ2) is 4.43. The molecule has 14 heavy (non-hydrogen) atoms. The van der Waals surface area contributed by atoms with Gasteiger partial charge in [-0.25, -0.2) is 0 Å². The summed E-state index contributed by atoms with van der Waals surface area (Å²) in [5, 5.41) is 10.8. The molecule has 1 amide bonds. The van der Waals surface area contributed by atoms with E-state index < -0.39 is 0 Å². The SMILES string of the molecule is Cc1cccc(C(=O)NCC#N)c1C. The van der Waals surface area contributed by atoms with Gasteiger partial charge in [-0.05, 0) is 31.0 Å². The average molecular weight is 188 g/mol. The van der Waals surface area contributed by atoms with E-state index >= 15 is 0 Å². The highest BCUT2D eigenvalue weighted by Crippen LogP contribution is 2.12. The first-order valence-corrected chi connectivity index (χ1v) is 4.38. The lowest BCUT2D eigenvalue weighted by Crippen LogP contribution is -2.24. The van der Waals surface area contributed by atoms with Crippen LogP contribution < -0.4 is 5.32 Å². The second-order valence-electron chi connectivity index (χ2n) is 3.09. The van der Waals surface area contributed by atoms with E-state index in [9.17, 15) is 4.79 Å². The molecule has 3 heteroatoms. The van der Waals surface area contributed by atoms with Crippen molar-refractivity contribution in [1.82, 2.24) is 5.32 Å². The third-order valence-electron chi connectivity index (χ3n) is 2.18. The van der Waals surface area contributed by atoms with Crippen molar-refractivity contribution in [3.8, 4) is 6.07 Å². The molecule has 3 nitrogen and oxygen atoms in total. The molecule has 0 saturated heterocycles. The first kappa shape index (κ1) is 10.3. The van der Waals surface area contributed by atoms with Crippen molar-refractivity contribution in [2.24, 2.45) is 0 Å². The maximum Gasteiger partial charge on any atom is 0.252 e. The van der Waals surface area contributed by atoms with E-state index in [2.05, 4.69) is 5.32 Å². The number of aryl methyl sites for hydroxylation is 1. The van der Waals surface area contributed by atoms with E-state index in [1.807, 2.05) is 32.0 Å². The molecule has 72 valence electrons. The number of nitrogens with zero attached hydrogens (tertiary/aromatic N) is 1. The number of carbonyl (C=O) groups excluding carboxylic acids is 1. The Morgan fingerprint density at radius 3 is 2.86 bits per heavy atom. The highest BCUT2D eigenvalue weighted by Gasteiger charge is 2.08. The molecule has 0 aliphatic carbocycles. The topological polar surface area (TPSA) is 52.9 Å². The van der Waals surface area contributed by atoms with Gasteiger partial charge in [-0.3, -0.25) is 4.79 Å². The summed E-state index contributed by atoms with van der Waals surface area (Å²) in [7, 11) is 0. The van der Waals surface area contributed by atoms with Crippen LogP contribution in [0.2, 0.25) is 0 Å². The fraction of sp³-hybridized carbons (Fsp3) is 0.273. The Morgan fingerprint density at radius 1 is 1.50 bits per heavy atom. The van der Waals surface area contributed by atoms with E-state index in [0.717, 1.165) is 11.1 Å². The van der Waals surface area contributed by atoms with Gasteiger partial charge in [0.25, 0.3) is 5.91 Å². The molecule has 1 rings (SSSR count). The maximum atomic E-state index is 11.5. The Hall–Kier alpha value is -1.82. The summed E-state index contributed by atoms with van der Waals surface area (Å²) in [4.78, 5) is 11.5. The highest BCUT2D eigenvalue weighted by atomic mass is 16.1. The van der Waals surface area contributed by atoms with Crippen molar-refractivity contribution in [3.63, 3.8) is 0 Å². The van der Waals surface area contributed by atoms with Crippen molar-refractivity contribution >= 4 is 5.91 Å². The quantitative estimate of drug-likeness (QED) is 0.716. The molecule has 0 saturated carbocycles. The number of nitriles is 1. The molecular formula is C11H12N2O. The van der Waals surface area contributed by atoms with Gasteiger partial charge in [-0.1, -0.05) is 12.1 Å². The monoisotopic (exact) mass is 188 g/mol. The lowest BCUT2D eigenvalue weighted by atomic mass is 10.0. The number of hydrogen-bond donors (Lipinski definition) is 1. The predicted molar refractivity (Wildman–Crippen MR) is 53.9 cm³/mol. The van der Waals surface area contributed by atoms with Crippen molar-refractivity contribution in [3.05, 3.63) is 34.9 Å². The Bertz CT molecular complexity index is 391. The summed E-state index contributed by atoms with van der Waals surface area (Å²) in [6.07, 6.45) is 0. The second-order valence-corrected chi connectivity index (χ2v) is 3.09. The van der Waals surface area contributed by atoms with Gasteiger partial charge in [0.05, 0.1) is 6.07 Å². The van der Waals surface area contributed by atoms with Crippen LogP contribution in [0.1, 0.15) is 21.5 Å². The number of hydrogen-bond acceptors (Lipinski definition) is 2. The third kappa shape index (κ3) is 2.11. The van der Waals surface area contributed by atoms with E-state index in [1.54, 1.807) is 6.07 Å². The molecule has 0 unspecified atom stereocenters. The van der Waals surface area contributed by atoms with Gasteiger partial charge >= 0.3 is 0 Å². The Labute approximate surface area is 83.4 Å². The van der Waals surface area contributed by atoms with Gasteiger partial charge in [0.1, 0.15) is 6.54 Å². The molecule has 0 heterocycles. The van der Waals surface area contributed by atoms with Gasteiger partial charge in [-0.15, -0.1) is 0 Å². The van der Waals surface area contributed by atoms with Crippen LogP contribution >= 0.6 is 0 Å². The molecule has 0 bridgehead atoms.